The molecule has 1 aliphatic rings. The molecule has 0 aromatic heterocycles. The van der Waals surface area contributed by atoms with Crippen LogP contribution in [0.5, 0.6) is 0 Å². The van der Waals surface area contributed by atoms with Crippen LogP contribution in [0.25, 0.3) is 0 Å². The van der Waals surface area contributed by atoms with E-state index in [0.717, 1.165) is 18.6 Å². The van der Waals surface area contributed by atoms with Gasteiger partial charge in [0.1, 0.15) is 5.82 Å². The lowest BCUT2D eigenvalue weighted by molar-refractivity contribution is -0.139. The van der Waals surface area contributed by atoms with Crippen molar-refractivity contribution in [2.75, 3.05) is 6.61 Å². The minimum absolute atomic E-state index is 0.0140. The van der Waals surface area contributed by atoms with E-state index in [-0.39, 0.29) is 12.2 Å². The second-order valence-corrected chi connectivity index (χ2v) is 4.48. The van der Waals surface area contributed by atoms with Gasteiger partial charge in [-0.2, -0.15) is 13.2 Å². The van der Waals surface area contributed by atoms with Gasteiger partial charge >= 0.3 is 6.18 Å². The molecule has 0 radical (unpaired) electrons. The smallest absolute Gasteiger partial charge is 0.395 e. The first kappa shape index (κ1) is 12.4. The Labute approximate surface area is 96.1 Å². The van der Waals surface area contributed by atoms with Gasteiger partial charge in [-0.1, -0.05) is 12.5 Å². The van der Waals surface area contributed by atoms with Crippen LogP contribution in [-0.4, -0.2) is 11.7 Å². The van der Waals surface area contributed by atoms with Gasteiger partial charge in [-0.3, -0.25) is 0 Å². The zero-order valence-electron chi connectivity index (χ0n) is 9.02. The molecule has 5 heteroatoms. The van der Waals surface area contributed by atoms with Gasteiger partial charge < -0.3 is 5.11 Å². The molecule has 0 spiro atoms. The molecule has 2 rings (SSSR count). The van der Waals surface area contributed by atoms with Gasteiger partial charge in [-0.25, -0.2) is 4.39 Å². The first-order valence-electron chi connectivity index (χ1n) is 5.37. The van der Waals surface area contributed by atoms with E-state index in [1.807, 2.05) is 0 Å². The topological polar surface area (TPSA) is 20.2 Å². The zero-order valence-corrected chi connectivity index (χ0v) is 9.02. The minimum atomic E-state index is -4.59. The molecular formula is C12H12F4O. The molecule has 1 nitrogen and oxygen atoms in total. The van der Waals surface area contributed by atoms with Crippen LogP contribution in [0.4, 0.5) is 17.6 Å². The van der Waals surface area contributed by atoms with Gasteiger partial charge in [0, 0.05) is 5.41 Å². The Bertz CT molecular complexity index is 415. The van der Waals surface area contributed by atoms with Gasteiger partial charge in [0.2, 0.25) is 0 Å². The monoisotopic (exact) mass is 248 g/mol. The summed E-state index contributed by atoms with van der Waals surface area (Å²) in [7, 11) is 0. The summed E-state index contributed by atoms with van der Waals surface area (Å²) in [6, 6.07) is 2.67. The molecule has 0 heterocycles. The van der Waals surface area contributed by atoms with Gasteiger partial charge in [0.25, 0.3) is 0 Å². The summed E-state index contributed by atoms with van der Waals surface area (Å²) >= 11 is 0. The Balaban J connectivity index is 2.53. The quantitative estimate of drug-likeness (QED) is 0.796. The van der Waals surface area contributed by atoms with Crippen molar-refractivity contribution >= 4 is 0 Å². The summed E-state index contributed by atoms with van der Waals surface area (Å²) < 4.78 is 51.4. The average molecular weight is 248 g/mol. The third-order valence-electron chi connectivity index (χ3n) is 3.47. The highest BCUT2D eigenvalue weighted by atomic mass is 19.4. The maximum atomic E-state index is 12.9. The SMILES string of the molecule is OCC1(c2ccc(F)cc2C(F)(F)F)CCC1. The van der Waals surface area contributed by atoms with Crippen LogP contribution in [0.15, 0.2) is 18.2 Å². The number of aliphatic hydroxyl groups excluding tert-OH is 1. The summed E-state index contributed by atoms with van der Waals surface area (Å²) in [5.41, 5.74) is -1.79. The molecule has 0 amide bonds. The number of halogens is 4. The molecule has 0 unspecified atom stereocenters. The third-order valence-corrected chi connectivity index (χ3v) is 3.47. The molecule has 17 heavy (non-hydrogen) atoms. The molecule has 1 saturated carbocycles. The van der Waals surface area contributed by atoms with Gasteiger partial charge in [0.05, 0.1) is 12.2 Å². The van der Waals surface area contributed by atoms with Crippen LogP contribution >= 0.6 is 0 Å². The third kappa shape index (κ3) is 2.04. The molecule has 1 fully saturated rings. The lowest BCUT2D eigenvalue weighted by atomic mass is 9.64. The van der Waals surface area contributed by atoms with Gasteiger partial charge in [0.15, 0.2) is 0 Å². The second-order valence-electron chi connectivity index (χ2n) is 4.48. The molecule has 0 aliphatic heterocycles. The molecule has 1 aliphatic carbocycles. The number of hydrogen-bond acceptors (Lipinski definition) is 1. The Morgan fingerprint density at radius 3 is 2.29 bits per heavy atom. The summed E-state index contributed by atoms with van der Waals surface area (Å²) in [4.78, 5) is 0. The standard InChI is InChI=1S/C12H12F4O/c13-8-2-3-9(10(6-8)12(14,15)16)11(7-17)4-1-5-11/h2-3,6,17H,1,4-5,7H2. The maximum Gasteiger partial charge on any atom is 0.416 e. The van der Waals surface area contributed by atoms with E-state index >= 15 is 0 Å². The van der Waals surface area contributed by atoms with Crippen molar-refractivity contribution in [3.05, 3.63) is 35.1 Å². The fraction of sp³-hybridized carbons (Fsp3) is 0.500. The molecular weight excluding hydrogens is 236 g/mol. The van der Waals surface area contributed by atoms with E-state index in [4.69, 9.17) is 0 Å². The lowest BCUT2D eigenvalue weighted by Gasteiger charge is -2.42. The maximum absolute atomic E-state index is 12.9. The predicted molar refractivity (Wildman–Crippen MR) is 54.0 cm³/mol. The van der Waals surface area contributed by atoms with E-state index < -0.39 is 23.0 Å². The summed E-state index contributed by atoms with van der Waals surface area (Å²) in [5.74, 6) is -0.909. The fourth-order valence-electron chi connectivity index (χ4n) is 2.33. The Kier molecular flexibility index (Phi) is 2.89. The predicted octanol–water partition coefficient (Wildman–Crippen LogP) is 3.26. The van der Waals surface area contributed by atoms with Crippen molar-refractivity contribution in [3.63, 3.8) is 0 Å². The van der Waals surface area contributed by atoms with E-state index in [0.29, 0.717) is 18.9 Å². The average Bonchev–Trinajstić information content (AvgIpc) is 2.17. The number of hydrogen-bond donors (Lipinski definition) is 1. The van der Waals surface area contributed by atoms with E-state index in [1.54, 1.807) is 0 Å². The Morgan fingerprint density at radius 2 is 1.88 bits per heavy atom. The summed E-state index contributed by atoms with van der Waals surface area (Å²) in [6.45, 7) is -0.332. The normalized spacial score (nSPS) is 18.9. The van der Waals surface area contributed by atoms with E-state index in [9.17, 15) is 22.7 Å². The van der Waals surface area contributed by atoms with E-state index in [1.165, 1.54) is 0 Å². The molecule has 0 atom stereocenters. The summed E-state index contributed by atoms with van der Waals surface area (Å²) in [6.07, 6.45) is -2.78. The van der Waals surface area contributed by atoms with Crippen LogP contribution in [0.2, 0.25) is 0 Å². The Hall–Kier alpha value is -1.10. The van der Waals surface area contributed by atoms with Crippen molar-refractivity contribution in [2.45, 2.75) is 30.9 Å². The van der Waals surface area contributed by atoms with Crippen LogP contribution in [-0.2, 0) is 11.6 Å². The zero-order chi connectivity index (χ0) is 12.7. The van der Waals surface area contributed by atoms with Crippen molar-refractivity contribution in [2.24, 2.45) is 0 Å². The molecule has 0 saturated heterocycles. The van der Waals surface area contributed by atoms with Crippen molar-refractivity contribution < 1.29 is 22.7 Å². The highest BCUT2D eigenvalue weighted by molar-refractivity contribution is 5.38. The van der Waals surface area contributed by atoms with Crippen molar-refractivity contribution in [1.29, 1.82) is 0 Å². The largest absolute Gasteiger partial charge is 0.416 e. The number of aliphatic hydroxyl groups is 1. The van der Waals surface area contributed by atoms with Gasteiger partial charge in [-0.15, -0.1) is 0 Å². The number of alkyl halides is 3. The molecule has 94 valence electrons. The van der Waals surface area contributed by atoms with Crippen LogP contribution < -0.4 is 0 Å². The lowest BCUT2D eigenvalue weighted by Crippen LogP contribution is -2.39. The fourth-order valence-corrected chi connectivity index (χ4v) is 2.33. The minimum Gasteiger partial charge on any atom is -0.395 e. The Morgan fingerprint density at radius 1 is 1.24 bits per heavy atom. The highest BCUT2D eigenvalue weighted by Crippen LogP contribution is 2.47. The first-order valence-corrected chi connectivity index (χ1v) is 5.37. The molecule has 0 bridgehead atoms. The van der Waals surface area contributed by atoms with Crippen LogP contribution in [0.3, 0.4) is 0 Å². The van der Waals surface area contributed by atoms with Gasteiger partial charge in [-0.05, 0) is 30.5 Å². The number of rotatable bonds is 2. The van der Waals surface area contributed by atoms with Crippen LogP contribution in [0.1, 0.15) is 30.4 Å². The second kappa shape index (κ2) is 3.98. The van der Waals surface area contributed by atoms with Crippen molar-refractivity contribution in [3.8, 4) is 0 Å². The molecule has 1 N–H and O–H groups in total. The molecule has 1 aromatic carbocycles. The highest BCUT2D eigenvalue weighted by Gasteiger charge is 2.45. The van der Waals surface area contributed by atoms with Crippen LogP contribution in [0, 0.1) is 5.82 Å². The molecule has 1 aromatic rings. The van der Waals surface area contributed by atoms with Crippen molar-refractivity contribution in [1.82, 2.24) is 0 Å². The number of benzene rings is 1. The summed E-state index contributed by atoms with van der Waals surface area (Å²) in [5, 5.41) is 9.29. The van der Waals surface area contributed by atoms with E-state index in [2.05, 4.69) is 0 Å². The first-order chi connectivity index (χ1) is 7.89.